The van der Waals surface area contributed by atoms with Gasteiger partial charge in [0, 0.05) is 24.8 Å². The van der Waals surface area contributed by atoms with Gasteiger partial charge < -0.3 is 18.1 Å². The van der Waals surface area contributed by atoms with Crippen molar-refractivity contribution >= 4 is 15.2 Å². The van der Waals surface area contributed by atoms with Gasteiger partial charge in [-0.15, -0.1) is 0 Å². The van der Waals surface area contributed by atoms with Gasteiger partial charge in [-0.2, -0.15) is 0 Å². The van der Waals surface area contributed by atoms with E-state index >= 15 is 0 Å². The first-order valence-electron chi connectivity index (χ1n) is 12.8. The molecule has 0 heterocycles. The molecule has 4 atom stereocenters. The quantitative estimate of drug-likeness (QED) is 0.137. The fraction of sp³-hybridized carbons (Fsp3) is 0.630. The van der Waals surface area contributed by atoms with Crippen molar-refractivity contribution in [2.45, 2.75) is 79.1 Å². The maximum atomic E-state index is 13.2. The maximum Gasteiger partial charge on any atom is 0.376 e. The summed E-state index contributed by atoms with van der Waals surface area (Å²) in [6, 6.07) is 3.89. The Hall–Kier alpha value is -1.32. The van der Waals surface area contributed by atoms with E-state index in [1.807, 2.05) is 19.1 Å². The van der Waals surface area contributed by atoms with Crippen LogP contribution in [0.1, 0.15) is 83.8 Å². The monoisotopic (exact) mass is 526 g/mol. The predicted molar refractivity (Wildman–Crippen MR) is 145 cm³/mol. The normalized spacial score (nSPS) is 21.5. The number of unbranched alkanes of at least 4 members (excludes halogenated alkanes) is 2. The summed E-state index contributed by atoms with van der Waals surface area (Å²) in [6.07, 6.45) is 8.10. The highest BCUT2D eigenvalue weighted by atomic mass is 31.2. The molecule has 0 spiro atoms. The third-order valence-corrected chi connectivity index (χ3v) is 8.71. The SMILES string of the molecule is C=C(C)C1CCC(C)=CC1c1c(OP(C)(=O)OCC)cc(CCCCC)cc1OP(C)(=O)OCC. The maximum absolute atomic E-state index is 13.2. The molecule has 6 nitrogen and oxygen atoms in total. The van der Waals surface area contributed by atoms with Crippen LogP contribution in [0, 0.1) is 5.92 Å². The summed E-state index contributed by atoms with van der Waals surface area (Å²) in [6.45, 7) is 17.6. The average molecular weight is 527 g/mol. The van der Waals surface area contributed by atoms with Crippen LogP contribution < -0.4 is 9.05 Å². The van der Waals surface area contributed by atoms with E-state index in [1.54, 1.807) is 13.8 Å². The van der Waals surface area contributed by atoms with Gasteiger partial charge in [-0.25, -0.2) is 9.13 Å². The Morgan fingerprint density at radius 3 is 2.00 bits per heavy atom. The minimum absolute atomic E-state index is 0.126. The van der Waals surface area contributed by atoms with Crippen molar-refractivity contribution in [3.8, 4) is 11.5 Å². The molecule has 0 aromatic heterocycles. The molecular weight excluding hydrogens is 482 g/mol. The van der Waals surface area contributed by atoms with Gasteiger partial charge in [-0.3, -0.25) is 0 Å². The molecule has 0 amide bonds. The molecule has 0 saturated heterocycles. The molecule has 0 aliphatic heterocycles. The Bertz CT molecular complexity index is 950. The van der Waals surface area contributed by atoms with Gasteiger partial charge in [0.25, 0.3) is 0 Å². The van der Waals surface area contributed by atoms with Gasteiger partial charge in [-0.1, -0.05) is 43.6 Å². The lowest BCUT2D eigenvalue weighted by Gasteiger charge is -2.33. The highest BCUT2D eigenvalue weighted by molar-refractivity contribution is 7.53. The molecule has 1 aliphatic rings. The van der Waals surface area contributed by atoms with Crippen LogP contribution in [-0.4, -0.2) is 26.5 Å². The van der Waals surface area contributed by atoms with E-state index in [0.29, 0.717) is 11.5 Å². The first-order chi connectivity index (χ1) is 16.4. The van der Waals surface area contributed by atoms with Gasteiger partial charge in [0.15, 0.2) is 0 Å². The number of benzene rings is 1. The van der Waals surface area contributed by atoms with E-state index in [4.69, 9.17) is 18.1 Å². The topological polar surface area (TPSA) is 71.1 Å². The number of hydrogen-bond donors (Lipinski definition) is 0. The Labute approximate surface area is 212 Å². The smallest absolute Gasteiger partial charge is 0.376 e. The second-order valence-corrected chi connectivity index (χ2v) is 13.5. The van der Waals surface area contributed by atoms with Gasteiger partial charge >= 0.3 is 15.2 Å². The van der Waals surface area contributed by atoms with Crippen molar-refractivity contribution in [3.05, 3.63) is 47.1 Å². The van der Waals surface area contributed by atoms with Gasteiger partial charge in [-0.05, 0) is 77.0 Å². The lowest BCUT2D eigenvalue weighted by molar-refractivity contribution is 0.279. The van der Waals surface area contributed by atoms with Crippen LogP contribution in [0.4, 0.5) is 0 Å². The second-order valence-electron chi connectivity index (χ2n) is 9.55. The van der Waals surface area contributed by atoms with Crippen molar-refractivity contribution in [1.29, 1.82) is 0 Å². The molecule has 0 saturated carbocycles. The molecule has 0 bridgehead atoms. The van der Waals surface area contributed by atoms with E-state index in [9.17, 15) is 9.13 Å². The Balaban J connectivity index is 2.77. The van der Waals surface area contributed by atoms with Crippen molar-refractivity contribution in [3.63, 3.8) is 0 Å². The molecule has 0 fully saturated rings. The van der Waals surface area contributed by atoms with Crippen molar-refractivity contribution < 1.29 is 27.2 Å². The molecule has 8 heteroatoms. The summed E-state index contributed by atoms with van der Waals surface area (Å²) in [4.78, 5) is 0. The average Bonchev–Trinajstić information content (AvgIpc) is 2.72. The molecule has 198 valence electrons. The molecule has 1 aliphatic carbocycles. The Kier molecular flexibility index (Phi) is 11.4. The molecule has 35 heavy (non-hydrogen) atoms. The van der Waals surface area contributed by atoms with Gasteiger partial charge in [0.2, 0.25) is 0 Å². The third kappa shape index (κ3) is 8.93. The largest absolute Gasteiger partial charge is 0.424 e. The van der Waals surface area contributed by atoms with E-state index in [0.717, 1.165) is 55.2 Å². The lowest BCUT2D eigenvalue weighted by atomic mass is 9.73. The standard InChI is InChI=1S/C27H44O6P2/c1-9-12-13-14-22-18-25(32-34(7,28)30-10-2)27(26(19-22)33-35(8,29)31-11-3)24-17-21(6)15-16-23(24)20(4)5/h17-19,23-24H,4,9-16H2,1-3,5-8H3. The zero-order valence-corrected chi connectivity index (χ0v) is 24.4. The van der Waals surface area contributed by atoms with Crippen LogP contribution in [-0.2, 0) is 24.6 Å². The Morgan fingerprint density at radius 2 is 1.54 bits per heavy atom. The number of hydrogen-bond acceptors (Lipinski definition) is 6. The Morgan fingerprint density at radius 1 is 1.00 bits per heavy atom. The minimum Gasteiger partial charge on any atom is -0.424 e. The lowest BCUT2D eigenvalue weighted by Crippen LogP contribution is -2.19. The van der Waals surface area contributed by atoms with Gasteiger partial charge in [0.1, 0.15) is 11.5 Å². The number of aryl methyl sites for hydroxylation is 1. The predicted octanol–water partition coefficient (Wildman–Crippen LogP) is 8.91. The van der Waals surface area contributed by atoms with Crippen molar-refractivity contribution in [2.75, 3.05) is 26.5 Å². The second kappa shape index (κ2) is 13.3. The highest BCUT2D eigenvalue weighted by Gasteiger charge is 2.34. The van der Waals surface area contributed by atoms with Crippen LogP contribution >= 0.6 is 15.2 Å². The van der Waals surface area contributed by atoms with Crippen molar-refractivity contribution in [2.24, 2.45) is 5.92 Å². The fourth-order valence-corrected chi connectivity index (χ4v) is 6.70. The summed E-state index contributed by atoms with van der Waals surface area (Å²) in [7, 11) is -6.77. The zero-order chi connectivity index (χ0) is 26.2. The molecule has 2 rings (SSSR count). The van der Waals surface area contributed by atoms with Crippen LogP contribution in [0.25, 0.3) is 0 Å². The number of rotatable bonds is 14. The molecule has 1 aromatic rings. The van der Waals surface area contributed by atoms with E-state index in [2.05, 4.69) is 26.5 Å². The highest BCUT2D eigenvalue weighted by Crippen LogP contribution is 2.55. The van der Waals surface area contributed by atoms with Crippen LogP contribution in [0.5, 0.6) is 11.5 Å². The summed E-state index contributed by atoms with van der Waals surface area (Å²) >= 11 is 0. The fourth-order valence-electron chi connectivity index (χ4n) is 4.64. The molecule has 4 unspecified atom stereocenters. The first kappa shape index (κ1) is 29.9. The van der Waals surface area contributed by atoms with Gasteiger partial charge in [0.05, 0.1) is 13.2 Å². The summed E-state index contributed by atoms with van der Waals surface area (Å²) in [5.41, 5.74) is 4.01. The summed E-state index contributed by atoms with van der Waals surface area (Å²) in [5.74, 6) is 0.916. The molecule has 0 radical (unpaired) electrons. The van der Waals surface area contributed by atoms with E-state index in [1.165, 1.54) is 18.9 Å². The third-order valence-electron chi connectivity index (χ3n) is 6.20. The van der Waals surface area contributed by atoms with Crippen LogP contribution in [0.3, 0.4) is 0 Å². The summed E-state index contributed by atoms with van der Waals surface area (Å²) < 4.78 is 49.5. The number of allylic oxidation sites excluding steroid dienone is 3. The van der Waals surface area contributed by atoms with E-state index in [-0.39, 0.29) is 25.0 Å². The molecule has 1 aromatic carbocycles. The van der Waals surface area contributed by atoms with Crippen LogP contribution in [0.15, 0.2) is 35.9 Å². The molecular formula is C27H44O6P2. The van der Waals surface area contributed by atoms with Crippen molar-refractivity contribution in [1.82, 2.24) is 0 Å². The van der Waals surface area contributed by atoms with Crippen LogP contribution in [0.2, 0.25) is 0 Å². The zero-order valence-electron chi connectivity index (χ0n) is 22.6. The minimum atomic E-state index is -3.39. The van der Waals surface area contributed by atoms with E-state index < -0.39 is 15.2 Å². The molecule has 0 N–H and O–H groups in total. The summed E-state index contributed by atoms with van der Waals surface area (Å²) in [5, 5.41) is 0. The first-order valence-corrected chi connectivity index (χ1v) is 16.7.